The van der Waals surface area contributed by atoms with E-state index in [0.29, 0.717) is 42.3 Å². The molecule has 0 aromatic heterocycles. The average Bonchev–Trinajstić information content (AvgIpc) is 2.81. The lowest BCUT2D eigenvalue weighted by Gasteiger charge is -2.15. The number of aldehydes is 1. The molecular weight excluding hydrogens is 457 g/mol. The Morgan fingerprint density at radius 1 is 1.06 bits per heavy atom. The number of hydrogen-bond donors (Lipinski definition) is 1. The molecule has 0 aliphatic carbocycles. The van der Waals surface area contributed by atoms with Crippen LogP contribution in [0.3, 0.4) is 0 Å². The Hall–Kier alpha value is -3.75. The molecule has 0 unspecified atom stereocenters. The van der Waals surface area contributed by atoms with Crippen LogP contribution in [0.15, 0.2) is 54.6 Å². The van der Waals surface area contributed by atoms with Crippen molar-refractivity contribution in [3.8, 4) is 16.9 Å². The molecule has 0 heterocycles. The number of carbonyl (C=O) groups is 2. The van der Waals surface area contributed by atoms with Crippen LogP contribution in [0.1, 0.15) is 45.2 Å². The predicted octanol–water partition coefficient (Wildman–Crippen LogP) is 6.18. The van der Waals surface area contributed by atoms with Crippen molar-refractivity contribution in [2.24, 2.45) is 0 Å². The number of nitrogens with one attached hydrogen (secondary N) is 1. The summed E-state index contributed by atoms with van der Waals surface area (Å²) in [5, 5.41) is 2.46. The van der Waals surface area contributed by atoms with Gasteiger partial charge in [0.25, 0.3) is 5.91 Å². The highest BCUT2D eigenvalue weighted by Crippen LogP contribution is 2.31. The normalized spacial score (nSPS) is 11.2. The van der Waals surface area contributed by atoms with Crippen molar-refractivity contribution in [1.29, 1.82) is 0 Å². The SMILES string of the molecule is CCCOc1ccc(-c2cccc(C=O)c2F)cc1CNC(=O)c1ccc(C(F)(F)F)cc1F. The van der Waals surface area contributed by atoms with E-state index in [4.69, 9.17) is 4.74 Å². The molecule has 1 amide bonds. The molecule has 0 radical (unpaired) electrons. The van der Waals surface area contributed by atoms with Crippen LogP contribution in [0.4, 0.5) is 22.0 Å². The Labute approximate surface area is 192 Å². The summed E-state index contributed by atoms with van der Waals surface area (Å²) in [6, 6.07) is 10.7. The molecule has 3 aromatic carbocycles. The van der Waals surface area contributed by atoms with Crippen LogP contribution in [0.25, 0.3) is 11.1 Å². The van der Waals surface area contributed by atoms with Gasteiger partial charge in [0.15, 0.2) is 6.29 Å². The fourth-order valence-electron chi connectivity index (χ4n) is 3.25. The second-order valence-corrected chi connectivity index (χ2v) is 7.37. The summed E-state index contributed by atoms with van der Waals surface area (Å²) >= 11 is 0. The molecule has 9 heteroatoms. The number of carbonyl (C=O) groups excluding carboxylic acids is 2. The van der Waals surface area contributed by atoms with Crippen molar-refractivity contribution in [3.63, 3.8) is 0 Å². The lowest BCUT2D eigenvalue weighted by atomic mass is 9.99. The quantitative estimate of drug-likeness (QED) is 0.311. The maximum absolute atomic E-state index is 14.6. The summed E-state index contributed by atoms with van der Waals surface area (Å²) < 4.78 is 72.7. The van der Waals surface area contributed by atoms with E-state index in [2.05, 4.69) is 5.32 Å². The summed E-state index contributed by atoms with van der Waals surface area (Å²) in [4.78, 5) is 23.5. The van der Waals surface area contributed by atoms with Gasteiger partial charge in [0.1, 0.15) is 17.4 Å². The summed E-state index contributed by atoms with van der Waals surface area (Å²) in [5.41, 5.74) is -0.865. The second-order valence-electron chi connectivity index (χ2n) is 7.37. The van der Waals surface area contributed by atoms with E-state index in [0.717, 1.165) is 6.07 Å². The Kier molecular flexibility index (Phi) is 7.65. The number of benzene rings is 3. The number of rotatable bonds is 8. The van der Waals surface area contributed by atoms with Crippen molar-refractivity contribution in [1.82, 2.24) is 5.32 Å². The second kappa shape index (κ2) is 10.5. The molecule has 4 nitrogen and oxygen atoms in total. The van der Waals surface area contributed by atoms with Gasteiger partial charge < -0.3 is 10.1 Å². The number of alkyl halides is 3. The molecular formula is C25H20F5NO3. The Morgan fingerprint density at radius 3 is 2.47 bits per heavy atom. The minimum Gasteiger partial charge on any atom is -0.493 e. The van der Waals surface area contributed by atoms with Gasteiger partial charge in [-0.25, -0.2) is 8.78 Å². The highest BCUT2D eigenvalue weighted by Gasteiger charge is 2.31. The van der Waals surface area contributed by atoms with Gasteiger partial charge in [0.05, 0.1) is 23.3 Å². The van der Waals surface area contributed by atoms with Gasteiger partial charge in [-0.05, 0) is 48.4 Å². The van der Waals surface area contributed by atoms with E-state index in [9.17, 15) is 31.5 Å². The van der Waals surface area contributed by atoms with Gasteiger partial charge in [-0.3, -0.25) is 9.59 Å². The third-order valence-electron chi connectivity index (χ3n) is 4.97. The van der Waals surface area contributed by atoms with Crippen LogP contribution >= 0.6 is 0 Å². The van der Waals surface area contributed by atoms with Crippen molar-refractivity contribution < 1.29 is 36.3 Å². The molecule has 3 aromatic rings. The standard InChI is InChI=1S/C25H20F5NO3/c1-2-10-34-22-9-6-15(19-5-3-4-16(14-32)23(19)27)11-17(22)13-31-24(33)20-8-7-18(12-21(20)26)25(28,29)30/h3-9,11-12,14H,2,10,13H2,1H3,(H,31,33). The van der Waals surface area contributed by atoms with E-state index in [1.54, 1.807) is 18.2 Å². The third kappa shape index (κ3) is 5.59. The molecule has 0 saturated heterocycles. The summed E-state index contributed by atoms with van der Waals surface area (Å²) in [7, 11) is 0. The molecule has 0 atom stereocenters. The van der Waals surface area contributed by atoms with Gasteiger partial charge in [-0.15, -0.1) is 0 Å². The first kappa shape index (κ1) is 24.9. The fourth-order valence-corrected chi connectivity index (χ4v) is 3.25. The van der Waals surface area contributed by atoms with Gasteiger partial charge in [-0.2, -0.15) is 13.2 Å². The van der Waals surface area contributed by atoms with E-state index in [1.807, 2.05) is 6.92 Å². The summed E-state index contributed by atoms with van der Waals surface area (Å²) in [6.45, 7) is 2.09. The fraction of sp³-hybridized carbons (Fsp3) is 0.200. The molecule has 0 aliphatic heterocycles. The van der Waals surface area contributed by atoms with E-state index in [-0.39, 0.29) is 23.7 Å². The average molecular weight is 477 g/mol. The lowest BCUT2D eigenvalue weighted by Crippen LogP contribution is -2.24. The van der Waals surface area contributed by atoms with Crippen LogP contribution in [0.2, 0.25) is 0 Å². The third-order valence-corrected chi connectivity index (χ3v) is 4.97. The zero-order valence-electron chi connectivity index (χ0n) is 18.0. The molecule has 34 heavy (non-hydrogen) atoms. The molecule has 178 valence electrons. The van der Waals surface area contributed by atoms with Gasteiger partial charge in [-0.1, -0.05) is 25.1 Å². The Balaban J connectivity index is 1.88. The van der Waals surface area contributed by atoms with Gasteiger partial charge in [0.2, 0.25) is 0 Å². The van der Waals surface area contributed by atoms with Crippen LogP contribution in [0, 0.1) is 11.6 Å². The zero-order chi connectivity index (χ0) is 24.9. The Bertz CT molecular complexity index is 1210. The minimum atomic E-state index is -4.74. The van der Waals surface area contributed by atoms with Crippen molar-refractivity contribution in [3.05, 3.63) is 88.5 Å². The van der Waals surface area contributed by atoms with Crippen LogP contribution in [-0.4, -0.2) is 18.8 Å². The lowest BCUT2D eigenvalue weighted by molar-refractivity contribution is -0.137. The molecule has 0 saturated carbocycles. The van der Waals surface area contributed by atoms with Crippen molar-refractivity contribution in [2.75, 3.05) is 6.61 Å². The Morgan fingerprint density at radius 2 is 1.82 bits per heavy atom. The molecule has 0 spiro atoms. The van der Waals surface area contributed by atoms with Gasteiger partial charge >= 0.3 is 6.18 Å². The van der Waals surface area contributed by atoms with Crippen LogP contribution < -0.4 is 10.1 Å². The van der Waals surface area contributed by atoms with Crippen LogP contribution in [0.5, 0.6) is 5.75 Å². The first-order valence-electron chi connectivity index (χ1n) is 10.3. The summed E-state index contributed by atoms with van der Waals surface area (Å²) in [6.07, 6.45) is -3.64. The molecule has 0 bridgehead atoms. The van der Waals surface area contributed by atoms with Crippen molar-refractivity contribution >= 4 is 12.2 Å². The first-order chi connectivity index (χ1) is 16.2. The largest absolute Gasteiger partial charge is 0.493 e. The van der Waals surface area contributed by atoms with E-state index >= 15 is 0 Å². The highest BCUT2D eigenvalue weighted by molar-refractivity contribution is 5.94. The maximum Gasteiger partial charge on any atom is 0.416 e. The molecule has 0 fully saturated rings. The minimum absolute atomic E-state index is 0.114. The zero-order valence-corrected chi connectivity index (χ0v) is 18.0. The number of halogens is 5. The van der Waals surface area contributed by atoms with Crippen molar-refractivity contribution in [2.45, 2.75) is 26.1 Å². The molecule has 0 aliphatic rings. The first-order valence-corrected chi connectivity index (χ1v) is 10.3. The monoisotopic (exact) mass is 477 g/mol. The highest BCUT2D eigenvalue weighted by atomic mass is 19.4. The van der Waals surface area contributed by atoms with Crippen LogP contribution in [-0.2, 0) is 12.7 Å². The smallest absolute Gasteiger partial charge is 0.416 e. The summed E-state index contributed by atoms with van der Waals surface area (Å²) in [5.74, 6) is -2.55. The molecule has 3 rings (SSSR count). The molecule has 1 N–H and O–H groups in total. The van der Waals surface area contributed by atoms with Gasteiger partial charge in [0, 0.05) is 17.7 Å². The van der Waals surface area contributed by atoms with E-state index < -0.39 is 34.8 Å². The number of ether oxygens (including phenoxy) is 1. The topological polar surface area (TPSA) is 55.4 Å². The number of amides is 1. The predicted molar refractivity (Wildman–Crippen MR) is 116 cm³/mol. The maximum atomic E-state index is 14.6. The number of hydrogen-bond acceptors (Lipinski definition) is 3. The van der Waals surface area contributed by atoms with E-state index in [1.165, 1.54) is 18.2 Å².